The lowest BCUT2D eigenvalue weighted by Crippen LogP contribution is -2.42. The summed E-state index contributed by atoms with van der Waals surface area (Å²) in [6.07, 6.45) is 3.15. The van der Waals surface area contributed by atoms with Crippen LogP contribution in [0.4, 0.5) is 0 Å². The minimum Gasteiger partial charge on any atom is -0.371 e. The van der Waals surface area contributed by atoms with Gasteiger partial charge in [0.1, 0.15) is 6.10 Å². The third-order valence-corrected chi connectivity index (χ3v) is 2.07. The number of nitrogens with one attached hydrogen (secondary N) is 1. The molecule has 2 saturated heterocycles. The summed E-state index contributed by atoms with van der Waals surface area (Å²) in [4.78, 5) is 10.8. The summed E-state index contributed by atoms with van der Waals surface area (Å²) in [6, 6.07) is 0.321. The van der Waals surface area contributed by atoms with Gasteiger partial charge in [-0.2, -0.15) is 0 Å². The molecule has 2 aliphatic rings. The first-order valence-electron chi connectivity index (χ1n) is 3.77. The molecule has 2 unspecified atom stereocenters. The van der Waals surface area contributed by atoms with Crippen molar-refractivity contribution in [2.75, 3.05) is 6.61 Å². The molecule has 3 nitrogen and oxygen atoms in total. The number of rotatable bonds is 1. The van der Waals surface area contributed by atoms with Gasteiger partial charge in [0.15, 0.2) is 0 Å². The number of carbonyl (C=O) groups excluding carboxylic acids is 1. The zero-order valence-electron chi connectivity index (χ0n) is 5.80. The highest BCUT2D eigenvalue weighted by atomic mass is 16.6. The highest BCUT2D eigenvalue weighted by Crippen LogP contribution is 2.21. The average Bonchev–Trinajstić information content (AvgIpc) is 2.68. The molecule has 2 rings (SSSR count). The second kappa shape index (κ2) is 2.23. The van der Waals surface area contributed by atoms with E-state index in [-0.39, 0.29) is 5.91 Å². The molecule has 0 bridgehead atoms. The number of epoxide rings is 1. The molecule has 56 valence electrons. The third kappa shape index (κ3) is 1.14. The smallest absolute Gasteiger partial charge is 0.220 e. The molecule has 0 aliphatic carbocycles. The van der Waals surface area contributed by atoms with Crippen molar-refractivity contribution in [3.63, 3.8) is 0 Å². The summed E-state index contributed by atoms with van der Waals surface area (Å²) in [5, 5.41) is 2.91. The Morgan fingerprint density at radius 3 is 3.00 bits per heavy atom. The maximum atomic E-state index is 10.8. The second-order valence-corrected chi connectivity index (χ2v) is 2.94. The van der Waals surface area contributed by atoms with Crippen LogP contribution < -0.4 is 5.32 Å². The van der Waals surface area contributed by atoms with E-state index in [0.29, 0.717) is 18.6 Å². The lowest BCUT2D eigenvalue weighted by Gasteiger charge is -2.20. The molecule has 10 heavy (non-hydrogen) atoms. The van der Waals surface area contributed by atoms with E-state index in [1.54, 1.807) is 0 Å². The number of piperidine rings is 1. The molecule has 0 radical (unpaired) electrons. The summed E-state index contributed by atoms with van der Waals surface area (Å²) < 4.78 is 5.08. The standard InChI is InChI=1S/C7H11NO2/c9-7-3-1-2-5(8-7)6-4-10-6/h5-6H,1-4H2,(H,8,9). The molecular weight excluding hydrogens is 130 g/mol. The van der Waals surface area contributed by atoms with Crippen molar-refractivity contribution < 1.29 is 9.53 Å². The van der Waals surface area contributed by atoms with Gasteiger partial charge in [0, 0.05) is 6.42 Å². The van der Waals surface area contributed by atoms with Crippen molar-refractivity contribution in [1.82, 2.24) is 5.32 Å². The Morgan fingerprint density at radius 2 is 2.40 bits per heavy atom. The van der Waals surface area contributed by atoms with Gasteiger partial charge in [0.05, 0.1) is 12.6 Å². The lowest BCUT2D eigenvalue weighted by atomic mass is 10.0. The fraction of sp³-hybridized carbons (Fsp3) is 0.857. The van der Waals surface area contributed by atoms with Crippen LogP contribution in [0.3, 0.4) is 0 Å². The van der Waals surface area contributed by atoms with Gasteiger partial charge in [-0.15, -0.1) is 0 Å². The van der Waals surface area contributed by atoms with E-state index in [9.17, 15) is 4.79 Å². The molecule has 1 N–H and O–H groups in total. The molecule has 0 aromatic carbocycles. The summed E-state index contributed by atoms with van der Waals surface area (Å²) in [5.74, 6) is 0.187. The molecule has 0 saturated carbocycles. The maximum absolute atomic E-state index is 10.8. The van der Waals surface area contributed by atoms with Crippen molar-refractivity contribution in [2.24, 2.45) is 0 Å². The van der Waals surface area contributed by atoms with E-state index >= 15 is 0 Å². The van der Waals surface area contributed by atoms with E-state index in [1.807, 2.05) is 0 Å². The van der Waals surface area contributed by atoms with Gasteiger partial charge >= 0.3 is 0 Å². The topological polar surface area (TPSA) is 41.6 Å². The molecule has 3 heteroatoms. The van der Waals surface area contributed by atoms with E-state index < -0.39 is 0 Å². The van der Waals surface area contributed by atoms with Crippen molar-refractivity contribution in [3.8, 4) is 0 Å². The average molecular weight is 141 g/mol. The van der Waals surface area contributed by atoms with Crippen LogP contribution in [0.5, 0.6) is 0 Å². The molecule has 0 aromatic heterocycles. The first kappa shape index (κ1) is 6.16. The molecule has 2 aliphatic heterocycles. The minimum absolute atomic E-state index is 0.187. The molecule has 2 fully saturated rings. The first-order chi connectivity index (χ1) is 4.86. The second-order valence-electron chi connectivity index (χ2n) is 2.94. The lowest BCUT2D eigenvalue weighted by molar-refractivity contribution is -0.123. The Bertz CT molecular complexity index is 154. The zero-order chi connectivity index (χ0) is 6.97. The summed E-state index contributed by atoms with van der Waals surface area (Å²) in [6.45, 7) is 0.838. The van der Waals surface area contributed by atoms with Crippen molar-refractivity contribution >= 4 is 5.91 Å². The van der Waals surface area contributed by atoms with E-state index in [0.717, 1.165) is 19.4 Å². The van der Waals surface area contributed by atoms with Gasteiger partial charge in [-0.1, -0.05) is 0 Å². The Balaban J connectivity index is 1.89. The van der Waals surface area contributed by atoms with Crippen LogP contribution in [0.1, 0.15) is 19.3 Å². The number of amides is 1. The van der Waals surface area contributed by atoms with Crippen LogP contribution in [0.25, 0.3) is 0 Å². The van der Waals surface area contributed by atoms with E-state index in [2.05, 4.69) is 5.32 Å². The number of carbonyl (C=O) groups is 1. The van der Waals surface area contributed by atoms with Crippen LogP contribution >= 0.6 is 0 Å². The first-order valence-corrected chi connectivity index (χ1v) is 3.77. The third-order valence-electron chi connectivity index (χ3n) is 2.07. The molecule has 0 spiro atoms. The van der Waals surface area contributed by atoms with Gasteiger partial charge in [0.25, 0.3) is 0 Å². The number of hydrogen-bond donors (Lipinski definition) is 1. The highest BCUT2D eigenvalue weighted by Gasteiger charge is 2.35. The van der Waals surface area contributed by atoms with Crippen molar-refractivity contribution in [3.05, 3.63) is 0 Å². The summed E-state index contributed by atoms with van der Waals surface area (Å²) in [7, 11) is 0. The van der Waals surface area contributed by atoms with Gasteiger partial charge in [-0.25, -0.2) is 0 Å². The Labute approximate surface area is 59.7 Å². The number of hydrogen-bond acceptors (Lipinski definition) is 2. The van der Waals surface area contributed by atoms with E-state index in [1.165, 1.54) is 0 Å². The molecule has 0 aromatic rings. The Hall–Kier alpha value is -0.570. The maximum Gasteiger partial charge on any atom is 0.220 e. The quantitative estimate of drug-likeness (QED) is 0.524. The fourth-order valence-corrected chi connectivity index (χ4v) is 1.40. The Morgan fingerprint density at radius 1 is 1.60 bits per heavy atom. The molecule has 2 heterocycles. The van der Waals surface area contributed by atoms with Gasteiger partial charge in [-0.3, -0.25) is 4.79 Å². The summed E-state index contributed by atoms with van der Waals surface area (Å²) >= 11 is 0. The molecular formula is C7H11NO2. The van der Waals surface area contributed by atoms with Gasteiger partial charge < -0.3 is 10.1 Å². The summed E-state index contributed by atoms with van der Waals surface area (Å²) in [5.41, 5.74) is 0. The van der Waals surface area contributed by atoms with Crippen LogP contribution in [0, 0.1) is 0 Å². The predicted molar refractivity (Wildman–Crippen MR) is 35.5 cm³/mol. The molecule has 2 atom stereocenters. The normalized spacial score (nSPS) is 39.0. The SMILES string of the molecule is O=C1CCCC(C2CO2)N1. The van der Waals surface area contributed by atoms with E-state index in [4.69, 9.17) is 4.74 Å². The zero-order valence-corrected chi connectivity index (χ0v) is 5.80. The van der Waals surface area contributed by atoms with Crippen LogP contribution in [0.2, 0.25) is 0 Å². The number of ether oxygens (including phenoxy) is 1. The van der Waals surface area contributed by atoms with Crippen LogP contribution in [-0.4, -0.2) is 24.7 Å². The van der Waals surface area contributed by atoms with Crippen LogP contribution in [0.15, 0.2) is 0 Å². The van der Waals surface area contributed by atoms with Crippen molar-refractivity contribution in [2.45, 2.75) is 31.4 Å². The van der Waals surface area contributed by atoms with Gasteiger partial charge in [0.2, 0.25) is 5.91 Å². The predicted octanol–water partition coefficient (Wildman–Crippen LogP) is 0.0539. The van der Waals surface area contributed by atoms with Crippen LogP contribution in [-0.2, 0) is 9.53 Å². The largest absolute Gasteiger partial charge is 0.371 e. The van der Waals surface area contributed by atoms with Gasteiger partial charge in [-0.05, 0) is 12.8 Å². The fourth-order valence-electron chi connectivity index (χ4n) is 1.40. The van der Waals surface area contributed by atoms with Crippen molar-refractivity contribution in [1.29, 1.82) is 0 Å². The Kier molecular flexibility index (Phi) is 1.38. The monoisotopic (exact) mass is 141 g/mol. The minimum atomic E-state index is 0.187. The highest BCUT2D eigenvalue weighted by molar-refractivity contribution is 5.77. The molecule has 1 amide bonds.